The summed E-state index contributed by atoms with van der Waals surface area (Å²) < 4.78 is 0. The predicted molar refractivity (Wildman–Crippen MR) is 80.6 cm³/mol. The zero-order valence-electron chi connectivity index (χ0n) is 12.5. The van der Waals surface area contributed by atoms with Crippen LogP contribution < -0.4 is 0 Å². The van der Waals surface area contributed by atoms with E-state index in [2.05, 4.69) is 18.2 Å². The van der Waals surface area contributed by atoms with Gasteiger partial charge in [-0.15, -0.1) is 0 Å². The molecule has 2 aliphatic carbocycles. The molecule has 0 aromatic rings. The Kier molecular flexibility index (Phi) is 6.13. The Hall–Kier alpha value is -1.28. The molecule has 0 amide bonds. The summed E-state index contributed by atoms with van der Waals surface area (Å²) >= 11 is 0. The minimum atomic E-state index is 0.201. The highest BCUT2D eigenvalue weighted by molar-refractivity contribution is 5.26. The molecule has 2 rings (SSSR count). The minimum Gasteiger partial charge on any atom is -0.198 e. The lowest BCUT2D eigenvalue weighted by molar-refractivity contribution is 0.280. The van der Waals surface area contributed by atoms with Crippen LogP contribution in [0.3, 0.4) is 0 Å². The van der Waals surface area contributed by atoms with Crippen LogP contribution in [0.5, 0.6) is 0 Å². The van der Waals surface area contributed by atoms with E-state index in [1.807, 2.05) is 0 Å². The van der Waals surface area contributed by atoms with E-state index in [9.17, 15) is 5.26 Å². The van der Waals surface area contributed by atoms with Gasteiger partial charge in [0, 0.05) is 17.9 Å². The van der Waals surface area contributed by atoms with Crippen LogP contribution in [0.25, 0.3) is 0 Å². The van der Waals surface area contributed by atoms with Crippen LogP contribution in [-0.4, -0.2) is 0 Å². The Labute approximate surface area is 123 Å². The first-order valence-electron chi connectivity index (χ1n) is 8.34. The van der Waals surface area contributed by atoms with Crippen molar-refractivity contribution in [3.05, 3.63) is 11.6 Å². The summed E-state index contributed by atoms with van der Waals surface area (Å²) in [7, 11) is 0. The van der Waals surface area contributed by atoms with Gasteiger partial charge in [0.2, 0.25) is 0 Å². The van der Waals surface area contributed by atoms with Crippen LogP contribution in [0.4, 0.5) is 0 Å². The zero-order chi connectivity index (χ0) is 14.2. The highest BCUT2D eigenvalue weighted by Crippen LogP contribution is 2.37. The van der Waals surface area contributed by atoms with Gasteiger partial charge in [0.1, 0.15) is 0 Å². The molecule has 2 fully saturated rings. The molecule has 1 atom stereocenters. The van der Waals surface area contributed by atoms with Gasteiger partial charge in [-0.2, -0.15) is 10.5 Å². The Morgan fingerprint density at radius 1 is 0.950 bits per heavy atom. The third kappa shape index (κ3) is 4.11. The highest BCUT2D eigenvalue weighted by atomic mass is 14.4. The smallest absolute Gasteiger partial charge is 0.0947 e. The number of nitriles is 2. The van der Waals surface area contributed by atoms with E-state index in [0.717, 1.165) is 5.57 Å². The molecule has 0 aliphatic heterocycles. The number of hydrogen-bond donors (Lipinski definition) is 0. The maximum atomic E-state index is 9.56. The Balaban J connectivity index is 2.09. The van der Waals surface area contributed by atoms with Crippen molar-refractivity contribution in [1.82, 2.24) is 0 Å². The molecule has 0 N–H and O–H groups in total. The summed E-state index contributed by atoms with van der Waals surface area (Å²) in [6.45, 7) is 0. The monoisotopic (exact) mass is 270 g/mol. The zero-order valence-corrected chi connectivity index (χ0v) is 12.5. The average molecular weight is 270 g/mol. The summed E-state index contributed by atoms with van der Waals surface area (Å²) in [6.07, 6.45) is 15.4. The third-order valence-corrected chi connectivity index (χ3v) is 5.12. The number of nitrogens with zero attached hydrogens (tertiary/aromatic N) is 2. The molecule has 0 bridgehead atoms. The topological polar surface area (TPSA) is 47.6 Å². The molecule has 0 heterocycles. The van der Waals surface area contributed by atoms with E-state index >= 15 is 0 Å². The second-order valence-corrected chi connectivity index (χ2v) is 6.50. The van der Waals surface area contributed by atoms with Gasteiger partial charge in [-0.1, -0.05) is 44.6 Å². The molecule has 0 spiro atoms. The summed E-state index contributed by atoms with van der Waals surface area (Å²) in [6, 6.07) is 4.77. The fourth-order valence-electron chi connectivity index (χ4n) is 3.96. The Morgan fingerprint density at radius 2 is 1.55 bits per heavy atom. The van der Waals surface area contributed by atoms with Gasteiger partial charge in [-0.25, -0.2) is 0 Å². The SMILES string of the molecule is N#CCC(/C(C#N)=C\C1CCCCC1)C1CCCCC1. The number of rotatable bonds is 4. The summed E-state index contributed by atoms with van der Waals surface area (Å²) in [5.41, 5.74) is 0.922. The molecule has 0 aromatic carbocycles. The molecular weight excluding hydrogens is 244 g/mol. The first kappa shape index (κ1) is 15.1. The molecule has 0 saturated heterocycles. The molecule has 20 heavy (non-hydrogen) atoms. The number of hydrogen-bond acceptors (Lipinski definition) is 2. The van der Waals surface area contributed by atoms with Gasteiger partial charge in [-0.05, 0) is 37.5 Å². The van der Waals surface area contributed by atoms with Crippen LogP contribution >= 0.6 is 0 Å². The first-order chi connectivity index (χ1) is 9.85. The van der Waals surface area contributed by atoms with Crippen molar-refractivity contribution in [2.24, 2.45) is 17.8 Å². The van der Waals surface area contributed by atoms with E-state index in [1.54, 1.807) is 0 Å². The molecule has 2 saturated carbocycles. The van der Waals surface area contributed by atoms with E-state index in [-0.39, 0.29) is 5.92 Å². The lowest BCUT2D eigenvalue weighted by Gasteiger charge is -2.29. The van der Waals surface area contributed by atoms with Gasteiger partial charge in [0.05, 0.1) is 12.1 Å². The molecule has 0 aromatic heterocycles. The van der Waals surface area contributed by atoms with Crippen molar-refractivity contribution in [2.75, 3.05) is 0 Å². The lowest BCUT2D eigenvalue weighted by Crippen LogP contribution is -2.20. The third-order valence-electron chi connectivity index (χ3n) is 5.12. The normalized spacial score (nSPS) is 23.8. The molecule has 108 valence electrons. The van der Waals surface area contributed by atoms with E-state index in [0.29, 0.717) is 18.3 Å². The quantitative estimate of drug-likeness (QED) is 0.665. The summed E-state index contributed by atoms with van der Waals surface area (Å²) in [5, 5.41) is 18.7. The second-order valence-electron chi connectivity index (χ2n) is 6.50. The molecule has 0 radical (unpaired) electrons. The molecule has 1 unspecified atom stereocenters. The van der Waals surface area contributed by atoms with Crippen LogP contribution in [0.1, 0.15) is 70.6 Å². The van der Waals surface area contributed by atoms with Crippen molar-refractivity contribution in [2.45, 2.75) is 70.6 Å². The van der Waals surface area contributed by atoms with Crippen LogP contribution in [0.2, 0.25) is 0 Å². The highest BCUT2D eigenvalue weighted by Gasteiger charge is 2.27. The largest absolute Gasteiger partial charge is 0.198 e. The van der Waals surface area contributed by atoms with Gasteiger partial charge in [0.15, 0.2) is 0 Å². The standard InChI is InChI=1S/C18H26N2/c19-12-11-18(16-9-5-2-6-10-16)17(14-20)13-15-7-3-1-4-8-15/h13,15-16,18H,1-11H2/b17-13-. The van der Waals surface area contributed by atoms with Gasteiger partial charge in [-0.3, -0.25) is 0 Å². The van der Waals surface area contributed by atoms with E-state index in [4.69, 9.17) is 5.26 Å². The molecule has 2 heteroatoms. The fourth-order valence-corrected chi connectivity index (χ4v) is 3.96. The van der Waals surface area contributed by atoms with Gasteiger partial charge < -0.3 is 0 Å². The maximum absolute atomic E-state index is 9.56. The van der Waals surface area contributed by atoms with Crippen molar-refractivity contribution in [1.29, 1.82) is 10.5 Å². The van der Waals surface area contributed by atoms with Crippen molar-refractivity contribution in [3.8, 4) is 12.1 Å². The van der Waals surface area contributed by atoms with E-state index < -0.39 is 0 Å². The second kappa shape index (κ2) is 8.11. The lowest BCUT2D eigenvalue weighted by atomic mass is 9.74. The summed E-state index contributed by atoms with van der Waals surface area (Å²) in [4.78, 5) is 0. The average Bonchev–Trinajstić information content (AvgIpc) is 2.52. The minimum absolute atomic E-state index is 0.201. The van der Waals surface area contributed by atoms with E-state index in [1.165, 1.54) is 64.2 Å². The maximum Gasteiger partial charge on any atom is 0.0947 e. The van der Waals surface area contributed by atoms with Crippen molar-refractivity contribution in [3.63, 3.8) is 0 Å². The van der Waals surface area contributed by atoms with Crippen LogP contribution in [0, 0.1) is 40.4 Å². The van der Waals surface area contributed by atoms with Crippen molar-refractivity contribution >= 4 is 0 Å². The van der Waals surface area contributed by atoms with Crippen molar-refractivity contribution < 1.29 is 0 Å². The predicted octanol–water partition coefficient (Wildman–Crippen LogP) is 5.13. The molecular formula is C18H26N2. The Bertz CT molecular complexity index is 398. The fraction of sp³-hybridized carbons (Fsp3) is 0.778. The van der Waals surface area contributed by atoms with Crippen LogP contribution in [-0.2, 0) is 0 Å². The first-order valence-corrected chi connectivity index (χ1v) is 8.34. The number of allylic oxidation sites excluding steroid dienone is 2. The van der Waals surface area contributed by atoms with Gasteiger partial charge in [0.25, 0.3) is 0 Å². The molecule has 2 nitrogen and oxygen atoms in total. The Morgan fingerprint density at radius 3 is 2.10 bits per heavy atom. The summed E-state index contributed by atoms with van der Waals surface area (Å²) in [5.74, 6) is 1.35. The van der Waals surface area contributed by atoms with Crippen LogP contribution in [0.15, 0.2) is 11.6 Å². The van der Waals surface area contributed by atoms with Gasteiger partial charge >= 0.3 is 0 Å². The molecule has 2 aliphatic rings.